The maximum Gasteiger partial charge on any atom is 0.202 e. The van der Waals surface area contributed by atoms with Gasteiger partial charge in [-0.25, -0.2) is 9.97 Å². The zero-order chi connectivity index (χ0) is 10.8. The van der Waals surface area contributed by atoms with Gasteiger partial charge < -0.3 is 5.73 Å². The number of anilines is 1. The zero-order valence-corrected chi connectivity index (χ0v) is 9.14. The highest BCUT2D eigenvalue weighted by atomic mass is 15.2. The van der Waals surface area contributed by atoms with Gasteiger partial charge in [-0.05, 0) is 25.5 Å². The Hall–Kier alpha value is -1.58. The average molecular weight is 204 g/mol. The van der Waals surface area contributed by atoms with Crippen molar-refractivity contribution >= 4 is 17.1 Å². The number of pyridine rings is 1. The number of nitrogen functional groups attached to an aromatic ring is 1. The first-order chi connectivity index (χ1) is 7.24. The quantitative estimate of drug-likeness (QED) is 0.835. The highest BCUT2D eigenvalue weighted by molar-refractivity contribution is 5.73. The summed E-state index contributed by atoms with van der Waals surface area (Å²) in [6, 6.07) is 4.17. The molecule has 0 saturated heterocycles. The van der Waals surface area contributed by atoms with E-state index in [0.29, 0.717) is 12.0 Å². The highest BCUT2D eigenvalue weighted by Gasteiger charge is 2.13. The molecule has 15 heavy (non-hydrogen) atoms. The summed E-state index contributed by atoms with van der Waals surface area (Å²) in [7, 11) is 0. The Balaban J connectivity index is 2.53. The molecule has 0 aliphatic heterocycles. The van der Waals surface area contributed by atoms with Crippen LogP contribution in [-0.2, 0) is 0 Å². The van der Waals surface area contributed by atoms with Gasteiger partial charge in [-0.1, -0.05) is 13.3 Å². The fourth-order valence-electron chi connectivity index (χ4n) is 1.93. The third-order valence-corrected chi connectivity index (χ3v) is 2.62. The molecule has 4 heteroatoms. The van der Waals surface area contributed by atoms with Crippen LogP contribution in [-0.4, -0.2) is 14.5 Å². The van der Waals surface area contributed by atoms with Gasteiger partial charge in [0.2, 0.25) is 5.95 Å². The van der Waals surface area contributed by atoms with Gasteiger partial charge in [-0.3, -0.25) is 4.57 Å². The van der Waals surface area contributed by atoms with Crippen molar-refractivity contribution in [2.75, 3.05) is 5.73 Å². The van der Waals surface area contributed by atoms with Gasteiger partial charge in [0.05, 0.1) is 0 Å². The molecular formula is C11H16N4. The molecule has 2 rings (SSSR count). The molecule has 0 bridgehead atoms. The van der Waals surface area contributed by atoms with Crippen molar-refractivity contribution < 1.29 is 0 Å². The number of hydrogen-bond donors (Lipinski definition) is 1. The maximum atomic E-state index is 5.90. The molecule has 0 aliphatic rings. The molecule has 0 saturated carbocycles. The molecule has 1 atom stereocenters. The smallest absolute Gasteiger partial charge is 0.202 e. The summed E-state index contributed by atoms with van der Waals surface area (Å²) in [5.41, 5.74) is 7.65. The largest absolute Gasteiger partial charge is 0.369 e. The van der Waals surface area contributed by atoms with Crippen molar-refractivity contribution in [3.63, 3.8) is 0 Å². The predicted molar refractivity (Wildman–Crippen MR) is 61.6 cm³/mol. The second kappa shape index (κ2) is 3.88. The molecule has 1 unspecified atom stereocenters. The molecule has 0 radical (unpaired) electrons. The van der Waals surface area contributed by atoms with Crippen LogP contribution in [0.4, 0.5) is 5.95 Å². The van der Waals surface area contributed by atoms with Crippen molar-refractivity contribution in [2.45, 2.75) is 32.7 Å². The van der Waals surface area contributed by atoms with Crippen molar-refractivity contribution in [2.24, 2.45) is 0 Å². The predicted octanol–water partition coefficient (Wildman–Crippen LogP) is 2.37. The van der Waals surface area contributed by atoms with E-state index in [1.165, 1.54) is 0 Å². The molecule has 0 aromatic carbocycles. The molecule has 2 aromatic rings. The molecule has 4 nitrogen and oxygen atoms in total. The zero-order valence-electron chi connectivity index (χ0n) is 9.14. The first-order valence-corrected chi connectivity index (χ1v) is 5.32. The van der Waals surface area contributed by atoms with Gasteiger partial charge in [0.1, 0.15) is 5.52 Å². The first kappa shape index (κ1) is 9.96. The van der Waals surface area contributed by atoms with Crippen LogP contribution in [0.1, 0.15) is 32.7 Å². The number of hydrogen-bond acceptors (Lipinski definition) is 3. The Labute approximate surface area is 89.1 Å². The van der Waals surface area contributed by atoms with Crippen molar-refractivity contribution in [1.29, 1.82) is 0 Å². The van der Waals surface area contributed by atoms with E-state index in [4.69, 9.17) is 5.73 Å². The van der Waals surface area contributed by atoms with Gasteiger partial charge in [-0.2, -0.15) is 0 Å². The number of fused-ring (bicyclic) bond motifs is 1. The lowest BCUT2D eigenvalue weighted by atomic mass is 10.2. The summed E-state index contributed by atoms with van der Waals surface area (Å²) < 4.78 is 2.01. The fourth-order valence-corrected chi connectivity index (χ4v) is 1.93. The number of rotatable bonds is 3. The minimum Gasteiger partial charge on any atom is -0.369 e. The van der Waals surface area contributed by atoms with Crippen molar-refractivity contribution in [1.82, 2.24) is 14.5 Å². The average Bonchev–Trinajstić information content (AvgIpc) is 2.54. The van der Waals surface area contributed by atoms with Crippen LogP contribution in [0.3, 0.4) is 0 Å². The van der Waals surface area contributed by atoms with E-state index in [1.54, 1.807) is 6.20 Å². The molecule has 2 heterocycles. The van der Waals surface area contributed by atoms with Crippen molar-refractivity contribution in [3.05, 3.63) is 18.3 Å². The van der Waals surface area contributed by atoms with Gasteiger partial charge in [0.25, 0.3) is 0 Å². The Morgan fingerprint density at radius 1 is 1.53 bits per heavy atom. The number of nitrogens with two attached hydrogens (primary N) is 1. The first-order valence-electron chi connectivity index (χ1n) is 5.32. The molecule has 2 aromatic heterocycles. The molecule has 0 aliphatic carbocycles. The van der Waals surface area contributed by atoms with Crippen molar-refractivity contribution in [3.8, 4) is 0 Å². The monoisotopic (exact) mass is 204 g/mol. The van der Waals surface area contributed by atoms with E-state index in [2.05, 4.69) is 23.8 Å². The topological polar surface area (TPSA) is 56.7 Å². The normalized spacial score (nSPS) is 13.2. The summed E-state index contributed by atoms with van der Waals surface area (Å²) >= 11 is 0. The van der Waals surface area contributed by atoms with E-state index in [9.17, 15) is 0 Å². The molecule has 0 fully saturated rings. The van der Waals surface area contributed by atoms with Crippen LogP contribution in [0.15, 0.2) is 18.3 Å². The summed E-state index contributed by atoms with van der Waals surface area (Å²) in [5, 5.41) is 0. The molecule has 0 spiro atoms. The summed E-state index contributed by atoms with van der Waals surface area (Å²) in [6.07, 6.45) is 4.00. The minimum atomic E-state index is 0.356. The van der Waals surface area contributed by atoms with Crippen LogP contribution >= 0.6 is 0 Å². The third-order valence-electron chi connectivity index (χ3n) is 2.62. The lowest BCUT2D eigenvalue weighted by molar-refractivity contribution is 0.516. The van der Waals surface area contributed by atoms with Gasteiger partial charge >= 0.3 is 0 Å². The maximum absolute atomic E-state index is 5.90. The second-order valence-electron chi connectivity index (χ2n) is 3.82. The lowest BCUT2D eigenvalue weighted by Crippen LogP contribution is -2.09. The number of aromatic nitrogens is 3. The molecular weight excluding hydrogens is 188 g/mol. The third kappa shape index (κ3) is 1.67. The Bertz CT molecular complexity index is 461. The summed E-state index contributed by atoms with van der Waals surface area (Å²) in [6.45, 7) is 4.31. The van der Waals surface area contributed by atoms with Gasteiger partial charge in [0, 0.05) is 12.2 Å². The van der Waals surface area contributed by atoms with Crippen LogP contribution in [0.25, 0.3) is 11.2 Å². The standard InChI is InChI=1S/C11H16N4/c1-3-5-8(2)15-10-9(14-11(15)12)6-4-7-13-10/h4,6-8H,3,5H2,1-2H3,(H2,12,14). The second-order valence-corrected chi connectivity index (χ2v) is 3.82. The van der Waals surface area contributed by atoms with E-state index >= 15 is 0 Å². The Morgan fingerprint density at radius 2 is 2.33 bits per heavy atom. The fraction of sp³-hybridized carbons (Fsp3) is 0.455. The van der Waals surface area contributed by atoms with E-state index in [1.807, 2.05) is 16.7 Å². The molecule has 0 amide bonds. The van der Waals surface area contributed by atoms with E-state index in [-0.39, 0.29) is 0 Å². The van der Waals surface area contributed by atoms with Gasteiger partial charge in [-0.15, -0.1) is 0 Å². The Kier molecular flexibility index (Phi) is 2.58. The SMILES string of the molecule is CCCC(C)n1c(N)nc2cccnc21. The molecule has 80 valence electrons. The van der Waals surface area contributed by atoms with E-state index < -0.39 is 0 Å². The Morgan fingerprint density at radius 3 is 3.07 bits per heavy atom. The van der Waals surface area contributed by atoms with Gasteiger partial charge in [0.15, 0.2) is 5.65 Å². The minimum absolute atomic E-state index is 0.356. The van der Waals surface area contributed by atoms with Crippen LogP contribution in [0, 0.1) is 0 Å². The highest BCUT2D eigenvalue weighted by Crippen LogP contribution is 2.23. The van der Waals surface area contributed by atoms with E-state index in [0.717, 1.165) is 24.0 Å². The number of imidazole rings is 1. The van der Waals surface area contributed by atoms with Crippen LogP contribution in [0.2, 0.25) is 0 Å². The number of nitrogens with zero attached hydrogens (tertiary/aromatic N) is 3. The van der Waals surface area contributed by atoms with Crippen LogP contribution in [0.5, 0.6) is 0 Å². The summed E-state index contributed by atoms with van der Waals surface area (Å²) in [5.74, 6) is 0.560. The summed E-state index contributed by atoms with van der Waals surface area (Å²) in [4.78, 5) is 8.62. The lowest BCUT2D eigenvalue weighted by Gasteiger charge is -2.13. The van der Waals surface area contributed by atoms with Crippen LogP contribution < -0.4 is 5.73 Å². The molecule has 2 N–H and O–H groups in total.